The van der Waals surface area contributed by atoms with Crippen molar-refractivity contribution in [3.8, 4) is 0 Å². The van der Waals surface area contributed by atoms with Crippen molar-refractivity contribution in [2.75, 3.05) is 0 Å². The minimum absolute atomic E-state index is 0.219. The predicted molar refractivity (Wildman–Crippen MR) is 86.5 cm³/mol. The lowest BCUT2D eigenvalue weighted by Crippen LogP contribution is -2.18. The number of benzene rings is 1. The van der Waals surface area contributed by atoms with Gasteiger partial charge in [-0.2, -0.15) is 5.10 Å². The van der Waals surface area contributed by atoms with Crippen molar-refractivity contribution in [3.63, 3.8) is 0 Å². The average Bonchev–Trinajstić information content (AvgIpc) is 2.92. The number of carbonyl (C=O) groups excluding carboxylic acids is 1. The van der Waals surface area contributed by atoms with Crippen LogP contribution in [0.25, 0.3) is 0 Å². The molecule has 1 N–H and O–H groups in total. The SMILES string of the molecule is CCCc1ccc(C(C)=NNC(=O)c2ccc(Br)o2)cc1. The first-order chi connectivity index (χ1) is 10.1. The molecule has 0 saturated heterocycles. The highest BCUT2D eigenvalue weighted by molar-refractivity contribution is 9.10. The molecule has 4 nitrogen and oxygen atoms in total. The van der Waals surface area contributed by atoms with Crippen LogP contribution in [0.3, 0.4) is 0 Å². The Balaban J connectivity index is 2.01. The number of furan rings is 1. The summed E-state index contributed by atoms with van der Waals surface area (Å²) in [6, 6.07) is 11.5. The van der Waals surface area contributed by atoms with Gasteiger partial charge in [-0.3, -0.25) is 4.79 Å². The van der Waals surface area contributed by atoms with E-state index >= 15 is 0 Å². The lowest BCUT2D eigenvalue weighted by Gasteiger charge is -2.03. The molecule has 0 saturated carbocycles. The van der Waals surface area contributed by atoms with Gasteiger partial charge in [0.15, 0.2) is 10.4 Å². The van der Waals surface area contributed by atoms with Gasteiger partial charge in [-0.1, -0.05) is 37.6 Å². The largest absolute Gasteiger partial charge is 0.444 e. The van der Waals surface area contributed by atoms with Crippen molar-refractivity contribution in [1.82, 2.24) is 5.43 Å². The quantitative estimate of drug-likeness (QED) is 0.651. The zero-order chi connectivity index (χ0) is 15.2. The normalized spacial score (nSPS) is 11.5. The second kappa shape index (κ2) is 7.22. The van der Waals surface area contributed by atoms with E-state index < -0.39 is 0 Å². The molecular weight excluding hydrogens is 332 g/mol. The Morgan fingerprint density at radius 1 is 1.24 bits per heavy atom. The molecule has 0 aliphatic rings. The van der Waals surface area contributed by atoms with Crippen LogP contribution in [0.5, 0.6) is 0 Å². The van der Waals surface area contributed by atoms with Crippen LogP contribution >= 0.6 is 15.9 Å². The van der Waals surface area contributed by atoms with E-state index in [2.05, 4.69) is 45.5 Å². The number of nitrogens with one attached hydrogen (secondary N) is 1. The van der Waals surface area contributed by atoms with Crippen molar-refractivity contribution in [2.24, 2.45) is 5.10 Å². The maximum absolute atomic E-state index is 11.8. The number of halogens is 1. The van der Waals surface area contributed by atoms with Gasteiger partial charge in [-0.15, -0.1) is 0 Å². The van der Waals surface area contributed by atoms with Gasteiger partial charge >= 0.3 is 5.91 Å². The standard InChI is InChI=1S/C16H17BrN2O2/c1-3-4-12-5-7-13(8-6-12)11(2)18-19-16(20)14-9-10-15(17)21-14/h5-10H,3-4H2,1-2H3,(H,19,20). The molecule has 0 radical (unpaired) electrons. The molecule has 0 aliphatic carbocycles. The van der Waals surface area contributed by atoms with E-state index in [-0.39, 0.29) is 11.7 Å². The third-order valence-electron chi connectivity index (χ3n) is 3.03. The summed E-state index contributed by atoms with van der Waals surface area (Å²) in [4.78, 5) is 11.8. The number of hydrazone groups is 1. The zero-order valence-electron chi connectivity index (χ0n) is 12.0. The fourth-order valence-electron chi connectivity index (χ4n) is 1.89. The van der Waals surface area contributed by atoms with Gasteiger partial charge in [0.05, 0.1) is 5.71 Å². The van der Waals surface area contributed by atoms with Crippen LogP contribution in [0.15, 0.2) is 50.6 Å². The Kier molecular flexibility index (Phi) is 5.33. The number of carbonyl (C=O) groups is 1. The van der Waals surface area contributed by atoms with Gasteiger partial charge in [-0.25, -0.2) is 5.43 Å². The van der Waals surface area contributed by atoms with Gasteiger partial charge in [-0.05, 0) is 52.5 Å². The molecule has 1 aromatic heterocycles. The molecule has 2 aromatic rings. The van der Waals surface area contributed by atoms with E-state index in [1.807, 2.05) is 19.1 Å². The minimum atomic E-state index is -0.373. The van der Waals surface area contributed by atoms with Crippen molar-refractivity contribution < 1.29 is 9.21 Å². The van der Waals surface area contributed by atoms with Gasteiger partial charge in [0.2, 0.25) is 0 Å². The molecule has 0 spiro atoms. The fourth-order valence-corrected chi connectivity index (χ4v) is 2.20. The van der Waals surface area contributed by atoms with Crippen LogP contribution in [0.1, 0.15) is 41.9 Å². The van der Waals surface area contributed by atoms with Gasteiger partial charge in [0, 0.05) is 0 Å². The predicted octanol–water partition coefficient (Wildman–Crippen LogP) is 4.15. The molecule has 0 atom stereocenters. The first-order valence-corrected chi connectivity index (χ1v) is 7.58. The van der Waals surface area contributed by atoms with Crippen molar-refractivity contribution in [1.29, 1.82) is 0 Å². The van der Waals surface area contributed by atoms with Crippen LogP contribution in [0.4, 0.5) is 0 Å². The van der Waals surface area contributed by atoms with E-state index in [0.717, 1.165) is 24.1 Å². The molecule has 1 amide bonds. The average molecular weight is 349 g/mol. The number of aryl methyl sites for hydroxylation is 1. The smallest absolute Gasteiger partial charge is 0.307 e. The van der Waals surface area contributed by atoms with Crippen LogP contribution < -0.4 is 5.43 Å². The van der Waals surface area contributed by atoms with E-state index in [4.69, 9.17) is 4.42 Å². The number of rotatable bonds is 5. The molecule has 110 valence electrons. The second-order valence-corrected chi connectivity index (χ2v) is 5.47. The molecule has 1 heterocycles. The summed E-state index contributed by atoms with van der Waals surface area (Å²) in [5.41, 5.74) is 5.52. The monoisotopic (exact) mass is 348 g/mol. The van der Waals surface area contributed by atoms with Crippen LogP contribution in [-0.4, -0.2) is 11.6 Å². The molecule has 2 rings (SSSR count). The molecule has 1 aromatic carbocycles. The molecule has 5 heteroatoms. The third kappa shape index (κ3) is 4.29. The zero-order valence-corrected chi connectivity index (χ0v) is 13.6. The molecular formula is C16H17BrN2O2. The first-order valence-electron chi connectivity index (χ1n) is 6.79. The lowest BCUT2D eigenvalue weighted by atomic mass is 10.1. The van der Waals surface area contributed by atoms with E-state index in [1.165, 1.54) is 5.56 Å². The Hall–Kier alpha value is -1.88. The highest BCUT2D eigenvalue weighted by Gasteiger charge is 2.09. The number of hydrogen-bond donors (Lipinski definition) is 1. The number of amides is 1. The second-order valence-electron chi connectivity index (χ2n) is 4.69. The summed E-state index contributed by atoms with van der Waals surface area (Å²) in [5, 5.41) is 4.10. The maximum atomic E-state index is 11.8. The molecule has 0 fully saturated rings. The van der Waals surface area contributed by atoms with Gasteiger partial charge in [0.1, 0.15) is 0 Å². The molecule has 0 unspecified atom stereocenters. The lowest BCUT2D eigenvalue weighted by molar-refractivity contribution is 0.0926. The molecule has 21 heavy (non-hydrogen) atoms. The molecule has 0 bridgehead atoms. The minimum Gasteiger partial charge on any atom is -0.444 e. The van der Waals surface area contributed by atoms with E-state index in [9.17, 15) is 4.79 Å². The summed E-state index contributed by atoms with van der Waals surface area (Å²) < 4.78 is 5.68. The fraction of sp³-hybridized carbons (Fsp3) is 0.250. The molecule has 0 aliphatic heterocycles. The van der Waals surface area contributed by atoms with E-state index in [1.54, 1.807) is 12.1 Å². The van der Waals surface area contributed by atoms with Crippen molar-refractivity contribution in [3.05, 3.63) is 58.0 Å². The summed E-state index contributed by atoms with van der Waals surface area (Å²) in [7, 11) is 0. The number of nitrogens with zero attached hydrogens (tertiary/aromatic N) is 1. The maximum Gasteiger partial charge on any atom is 0.307 e. The topological polar surface area (TPSA) is 54.6 Å². The van der Waals surface area contributed by atoms with E-state index in [0.29, 0.717) is 4.67 Å². The first kappa shape index (κ1) is 15.5. The van der Waals surface area contributed by atoms with Gasteiger partial charge in [0.25, 0.3) is 0 Å². The van der Waals surface area contributed by atoms with Crippen LogP contribution in [-0.2, 0) is 6.42 Å². The highest BCUT2D eigenvalue weighted by Crippen LogP contribution is 2.13. The number of hydrogen-bond acceptors (Lipinski definition) is 3. The summed E-state index contributed by atoms with van der Waals surface area (Å²) in [5.74, 6) is -0.153. The Morgan fingerprint density at radius 3 is 2.52 bits per heavy atom. The Morgan fingerprint density at radius 2 is 1.95 bits per heavy atom. The summed E-state index contributed by atoms with van der Waals surface area (Å²) in [6.45, 7) is 4.01. The highest BCUT2D eigenvalue weighted by atomic mass is 79.9. The Labute approximate surface area is 132 Å². The summed E-state index contributed by atoms with van der Waals surface area (Å²) in [6.07, 6.45) is 2.20. The van der Waals surface area contributed by atoms with Crippen LogP contribution in [0.2, 0.25) is 0 Å². The van der Waals surface area contributed by atoms with Crippen LogP contribution in [0, 0.1) is 0 Å². The van der Waals surface area contributed by atoms with Crippen molar-refractivity contribution >= 4 is 27.5 Å². The summed E-state index contributed by atoms with van der Waals surface area (Å²) >= 11 is 3.15. The van der Waals surface area contributed by atoms with Gasteiger partial charge < -0.3 is 4.42 Å². The third-order valence-corrected chi connectivity index (χ3v) is 3.46. The Bertz CT molecular complexity index is 645. The van der Waals surface area contributed by atoms with Crippen molar-refractivity contribution in [2.45, 2.75) is 26.7 Å².